The highest BCUT2D eigenvalue weighted by Gasteiger charge is 2.28. The molecule has 1 unspecified atom stereocenters. The number of rotatable bonds is 4. The van der Waals surface area contributed by atoms with Gasteiger partial charge in [-0.05, 0) is 20.3 Å². The normalized spacial score (nSPS) is 16.1. The van der Waals surface area contributed by atoms with Crippen molar-refractivity contribution < 1.29 is 8.42 Å². The van der Waals surface area contributed by atoms with Gasteiger partial charge in [0.1, 0.15) is 5.82 Å². The van der Waals surface area contributed by atoms with Crippen molar-refractivity contribution in [3.63, 3.8) is 0 Å². The summed E-state index contributed by atoms with van der Waals surface area (Å²) in [5, 5.41) is 8.18. The Hall–Kier alpha value is -1.03. The minimum atomic E-state index is -3.67. The standard InChI is InChI=1S/C11H14ClN5O2S2/c1-6(9-15-14-8-4-3-5-17(8)9)16-21(18,19)10-7(2)13-11(12)20-10/h6,16H,3-5H2,1-2H3. The van der Waals surface area contributed by atoms with Crippen molar-refractivity contribution in [2.24, 2.45) is 0 Å². The molecule has 10 heteroatoms. The molecule has 1 atom stereocenters. The fourth-order valence-corrected chi connectivity index (χ4v) is 5.39. The van der Waals surface area contributed by atoms with Crippen molar-refractivity contribution in [3.05, 3.63) is 21.8 Å². The molecule has 114 valence electrons. The van der Waals surface area contributed by atoms with E-state index < -0.39 is 16.1 Å². The second-order valence-electron chi connectivity index (χ2n) is 4.91. The Morgan fingerprint density at radius 3 is 2.86 bits per heavy atom. The lowest BCUT2D eigenvalue weighted by atomic mass is 10.3. The van der Waals surface area contributed by atoms with Crippen molar-refractivity contribution in [2.75, 3.05) is 0 Å². The molecule has 2 aromatic heterocycles. The van der Waals surface area contributed by atoms with E-state index in [9.17, 15) is 8.42 Å². The summed E-state index contributed by atoms with van der Waals surface area (Å²) in [6, 6.07) is -0.463. The zero-order chi connectivity index (χ0) is 15.2. The summed E-state index contributed by atoms with van der Waals surface area (Å²) in [5.41, 5.74) is 0.399. The number of halogens is 1. The third-order valence-electron chi connectivity index (χ3n) is 3.33. The van der Waals surface area contributed by atoms with Gasteiger partial charge in [-0.3, -0.25) is 0 Å². The van der Waals surface area contributed by atoms with Gasteiger partial charge in [0, 0.05) is 13.0 Å². The predicted octanol–water partition coefficient (Wildman–Crippen LogP) is 1.68. The second kappa shape index (κ2) is 5.31. The lowest BCUT2D eigenvalue weighted by Crippen LogP contribution is -2.28. The summed E-state index contributed by atoms with van der Waals surface area (Å²) < 4.78 is 29.8. The molecule has 0 fully saturated rings. The van der Waals surface area contributed by atoms with Gasteiger partial charge in [-0.2, -0.15) is 4.72 Å². The number of aryl methyl sites for hydroxylation is 2. The van der Waals surface area contributed by atoms with Crippen molar-refractivity contribution in [1.82, 2.24) is 24.5 Å². The Kier molecular flexibility index (Phi) is 3.76. The van der Waals surface area contributed by atoms with Gasteiger partial charge in [-0.1, -0.05) is 22.9 Å². The average molecular weight is 348 g/mol. The van der Waals surface area contributed by atoms with Crippen LogP contribution in [0.1, 0.15) is 36.7 Å². The molecule has 21 heavy (non-hydrogen) atoms. The molecule has 3 rings (SSSR count). The largest absolute Gasteiger partial charge is 0.314 e. The van der Waals surface area contributed by atoms with Gasteiger partial charge in [0.25, 0.3) is 10.0 Å². The Morgan fingerprint density at radius 1 is 1.43 bits per heavy atom. The number of hydrogen-bond donors (Lipinski definition) is 1. The second-order valence-corrected chi connectivity index (χ2v) is 8.40. The molecule has 1 N–H and O–H groups in total. The molecular weight excluding hydrogens is 334 g/mol. The Bertz CT molecular complexity index is 783. The van der Waals surface area contributed by atoms with Crippen LogP contribution in [0.3, 0.4) is 0 Å². The molecule has 0 saturated carbocycles. The third-order valence-corrected chi connectivity index (χ3v) is 6.74. The average Bonchev–Trinajstić information content (AvgIpc) is 3.02. The number of nitrogens with one attached hydrogen (secondary N) is 1. The monoisotopic (exact) mass is 347 g/mol. The fourth-order valence-electron chi connectivity index (χ4n) is 2.43. The van der Waals surface area contributed by atoms with E-state index in [1.165, 1.54) is 0 Å². The van der Waals surface area contributed by atoms with Crippen molar-refractivity contribution in [3.8, 4) is 0 Å². The van der Waals surface area contributed by atoms with Crippen molar-refractivity contribution in [2.45, 2.75) is 43.5 Å². The first-order valence-electron chi connectivity index (χ1n) is 6.45. The number of nitrogens with zero attached hydrogens (tertiary/aromatic N) is 4. The Balaban J connectivity index is 1.87. The molecule has 1 aliphatic rings. The molecule has 0 radical (unpaired) electrons. The Morgan fingerprint density at radius 2 is 2.19 bits per heavy atom. The quantitative estimate of drug-likeness (QED) is 0.908. The first kappa shape index (κ1) is 14.9. The zero-order valence-electron chi connectivity index (χ0n) is 11.5. The van der Waals surface area contributed by atoms with Gasteiger partial charge < -0.3 is 4.57 Å². The molecule has 1 aliphatic heterocycles. The number of thiazole rings is 1. The van der Waals surface area contributed by atoms with Crippen LogP contribution in [-0.2, 0) is 23.0 Å². The number of sulfonamides is 1. The van der Waals surface area contributed by atoms with Crippen molar-refractivity contribution >= 4 is 33.0 Å². The minimum Gasteiger partial charge on any atom is -0.314 e. The highest BCUT2D eigenvalue weighted by Crippen LogP contribution is 2.28. The van der Waals surface area contributed by atoms with E-state index in [1.54, 1.807) is 13.8 Å². The van der Waals surface area contributed by atoms with E-state index in [4.69, 9.17) is 11.6 Å². The molecule has 7 nitrogen and oxygen atoms in total. The number of fused-ring (bicyclic) bond motifs is 1. The van der Waals surface area contributed by atoms with Gasteiger partial charge in [-0.25, -0.2) is 13.4 Å². The van der Waals surface area contributed by atoms with Crippen LogP contribution in [0.4, 0.5) is 0 Å². The van der Waals surface area contributed by atoms with Gasteiger partial charge in [0.05, 0.1) is 11.7 Å². The Labute approximate surface area is 131 Å². The smallest absolute Gasteiger partial charge is 0.252 e. The van der Waals surface area contributed by atoms with Crippen molar-refractivity contribution in [1.29, 1.82) is 0 Å². The van der Waals surface area contributed by atoms with Gasteiger partial charge >= 0.3 is 0 Å². The molecule has 0 amide bonds. The predicted molar refractivity (Wildman–Crippen MR) is 78.9 cm³/mol. The topological polar surface area (TPSA) is 89.8 Å². The summed E-state index contributed by atoms with van der Waals surface area (Å²) in [7, 11) is -3.67. The molecule has 0 bridgehead atoms. The maximum atomic E-state index is 12.4. The van der Waals surface area contributed by atoms with Gasteiger partial charge in [0.15, 0.2) is 14.5 Å². The van der Waals surface area contributed by atoms with Crippen LogP contribution in [0, 0.1) is 6.92 Å². The SMILES string of the molecule is Cc1nc(Cl)sc1S(=O)(=O)NC(C)c1nnc2n1CCC2. The third kappa shape index (κ3) is 2.70. The maximum Gasteiger partial charge on any atom is 0.252 e. The number of hydrogen-bond acceptors (Lipinski definition) is 6. The van der Waals surface area contributed by atoms with E-state index >= 15 is 0 Å². The zero-order valence-corrected chi connectivity index (χ0v) is 13.9. The summed E-state index contributed by atoms with van der Waals surface area (Å²) in [6.07, 6.45) is 1.90. The van der Waals surface area contributed by atoms with E-state index in [-0.39, 0.29) is 8.68 Å². The van der Waals surface area contributed by atoms with Crippen LogP contribution in [0.5, 0.6) is 0 Å². The van der Waals surface area contributed by atoms with Crippen LogP contribution >= 0.6 is 22.9 Å². The van der Waals surface area contributed by atoms with Crippen LogP contribution in [0.2, 0.25) is 4.47 Å². The summed E-state index contributed by atoms with van der Waals surface area (Å²) in [6.45, 7) is 4.21. The summed E-state index contributed by atoms with van der Waals surface area (Å²) in [4.78, 5) is 3.94. The van der Waals surface area contributed by atoms with Gasteiger partial charge in [0.2, 0.25) is 0 Å². The van der Waals surface area contributed by atoms with E-state index in [0.29, 0.717) is 11.5 Å². The van der Waals surface area contributed by atoms with Crippen LogP contribution in [0.25, 0.3) is 0 Å². The first-order chi connectivity index (χ1) is 9.88. The molecule has 2 aromatic rings. The minimum absolute atomic E-state index is 0.139. The lowest BCUT2D eigenvalue weighted by molar-refractivity contribution is 0.547. The highest BCUT2D eigenvalue weighted by molar-refractivity contribution is 7.91. The summed E-state index contributed by atoms with van der Waals surface area (Å²) in [5.74, 6) is 1.55. The molecular formula is C11H14ClN5O2S2. The first-order valence-corrected chi connectivity index (χ1v) is 9.13. The van der Waals surface area contributed by atoms with E-state index in [0.717, 1.165) is 36.5 Å². The molecule has 0 aliphatic carbocycles. The summed E-state index contributed by atoms with van der Waals surface area (Å²) >= 11 is 6.72. The highest BCUT2D eigenvalue weighted by atomic mass is 35.5. The molecule has 0 saturated heterocycles. The number of aromatic nitrogens is 4. The van der Waals surface area contributed by atoms with Crippen LogP contribution in [-0.4, -0.2) is 28.2 Å². The van der Waals surface area contributed by atoms with E-state index in [1.807, 2.05) is 4.57 Å². The molecule has 0 spiro atoms. The van der Waals surface area contributed by atoms with E-state index in [2.05, 4.69) is 19.9 Å². The maximum absolute atomic E-state index is 12.4. The fraction of sp³-hybridized carbons (Fsp3) is 0.545. The molecule has 3 heterocycles. The van der Waals surface area contributed by atoms with Crippen LogP contribution in [0.15, 0.2) is 4.21 Å². The van der Waals surface area contributed by atoms with Crippen LogP contribution < -0.4 is 4.72 Å². The van der Waals surface area contributed by atoms with Gasteiger partial charge in [-0.15, -0.1) is 10.2 Å². The molecule has 0 aromatic carbocycles. The lowest BCUT2D eigenvalue weighted by Gasteiger charge is -2.13.